The first-order valence-corrected chi connectivity index (χ1v) is 3.58. The molecule has 1 heteroatoms. The molecule has 1 aliphatic heterocycles. The van der Waals surface area contributed by atoms with E-state index < -0.39 is 0 Å². The van der Waals surface area contributed by atoms with Gasteiger partial charge in [-0.2, -0.15) is 0 Å². The molecular formula is C10H8O. The Morgan fingerprint density at radius 2 is 2.00 bits per heavy atom. The van der Waals surface area contributed by atoms with Crippen LogP contribution in [0, 0.1) is 12.3 Å². The Balaban J connectivity index is 2.16. The number of ether oxygens (including phenoxy) is 1. The fourth-order valence-corrected chi connectivity index (χ4v) is 1.14. The van der Waals surface area contributed by atoms with Gasteiger partial charge >= 0.3 is 0 Å². The molecule has 1 saturated heterocycles. The van der Waals surface area contributed by atoms with Crippen molar-refractivity contribution in [3.63, 3.8) is 0 Å². The van der Waals surface area contributed by atoms with Crippen molar-refractivity contribution in [3.8, 4) is 12.3 Å². The summed E-state index contributed by atoms with van der Waals surface area (Å²) in [4.78, 5) is 0. The van der Waals surface area contributed by atoms with Crippen LogP contribution in [-0.4, -0.2) is 6.10 Å². The molecule has 54 valence electrons. The van der Waals surface area contributed by atoms with E-state index in [1.54, 1.807) is 0 Å². The lowest BCUT2D eigenvalue weighted by Crippen LogP contribution is -1.82. The van der Waals surface area contributed by atoms with Gasteiger partial charge in [-0.25, -0.2) is 0 Å². The van der Waals surface area contributed by atoms with E-state index in [9.17, 15) is 0 Å². The SMILES string of the molecule is C#CC1O[C@@H]1c1ccccc1. The summed E-state index contributed by atoms with van der Waals surface area (Å²) in [5.41, 5.74) is 1.18. The third-order valence-electron chi connectivity index (χ3n) is 1.78. The third kappa shape index (κ3) is 1.13. The average Bonchev–Trinajstić information content (AvgIpc) is 2.85. The first-order valence-electron chi connectivity index (χ1n) is 3.58. The van der Waals surface area contributed by atoms with Crippen molar-refractivity contribution in [2.75, 3.05) is 0 Å². The van der Waals surface area contributed by atoms with Gasteiger partial charge in [-0.05, 0) is 5.56 Å². The van der Waals surface area contributed by atoms with Crippen molar-refractivity contribution in [1.82, 2.24) is 0 Å². The van der Waals surface area contributed by atoms with Gasteiger partial charge in [0, 0.05) is 0 Å². The first kappa shape index (κ1) is 6.45. The largest absolute Gasteiger partial charge is 0.351 e. The van der Waals surface area contributed by atoms with Crippen LogP contribution in [0.25, 0.3) is 0 Å². The molecule has 1 aromatic carbocycles. The van der Waals surface area contributed by atoms with E-state index in [1.165, 1.54) is 5.56 Å². The van der Waals surface area contributed by atoms with E-state index in [0.29, 0.717) is 0 Å². The molecule has 2 rings (SSSR count). The second-order valence-corrected chi connectivity index (χ2v) is 2.55. The van der Waals surface area contributed by atoms with Crippen LogP contribution in [-0.2, 0) is 4.74 Å². The molecule has 0 bridgehead atoms. The van der Waals surface area contributed by atoms with Crippen LogP contribution >= 0.6 is 0 Å². The zero-order valence-corrected chi connectivity index (χ0v) is 6.03. The van der Waals surface area contributed by atoms with Crippen LogP contribution in [0.3, 0.4) is 0 Å². The Kier molecular flexibility index (Phi) is 1.41. The van der Waals surface area contributed by atoms with Gasteiger partial charge in [0.1, 0.15) is 12.2 Å². The second kappa shape index (κ2) is 2.41. The topological polar surface area (TPSA) is 12.5 Å². The van der Waals surface area contributed by atoms with Crippen molar-refractivity contribution < 1.29 is 4.74 Å². The number of terminal acetylenes is 1. The lowest BCUT2D eigenvalue weighted by molar-refractivity contribution is 0.397. The van der Waals surface area contributed by atoms with Crippen LogP contribution in [0.1, 0.15) is 11.7 Å². The van der Waals surface area contributed by atoms with E-state index in [0.717, 1.165) is 0 Å². The van der Waals surface area contributed by atoms with Crippen molar-refractivity contribution in [1.29, 1.82) is 0 Å². The quantitative estimate of drug-likeness (QED) is 0.432. The summed E-state index contributed by atoms with van der Waals surface area (Å²) < 4.78 is 5.22. The summed E-state index contributed by atoms with van der Waals surface area (Å²) in [6.45, 7) is 0. The number of epoxide rings is 1. The zero-order chi connectivity index (χ0) is 7.68. The molecule has 0 N–H and O–H groups in total. The van der Waals surface area contributed by atoms with E-state index >= 15 is 0 Å². The fraction of sp³-hybridized carbons (Fsp3) is 0.200. The van der Waals surface area contributed by atoms with Gasteiger partial charge in [0.05, 0.1) is 0 Å². The summed E-state index contributed by atoms with van der Waals surface area (Å²) in [7, 11) is 0. The minimum atomic E-state index is 0.0115. The van der Waals surface area contributed by atoms with Gasteiger partial charge in [-0.3, -0.25) is 0 Å². The van der Waals surface area contributed by atoms with Crippen molar-refractivity contribution >= 4 is 0 Å². The molecule has 2 atom stereocenters. The molecule has 11 heavy (non-hydrogen) atoms. The van der Waals surface area contributed by atoms with Gasteiger partial charge < -0.3 is 4.74 Å². The molecule has 0 aromatic heterocycles. The van der Waals surface area contributed by atoms with Crippen LogP contribution in [0.2, 0.25) is 0 Å². The Morgan fingerprint density at radius 3 is 2.55 bits per heavy atom. The first-order chi connectivity index (χ1) is 5.42. The Labute approximate surface area is 66.0 Å². The summed E-state index contributed by atoms with van der Waals surface area (Å²) >= 11 is 0. The molecular weight excluding hydrogens is 136 g/mol. The summed E-state index contributed by atoms with van der Waals surface area (Å²) in [5, 5.41) is 0. The average molecular weight is 144 g/mol. The highest BCUT2D eigenvalue weighted by molar-refractivity contribution is 5.26. The van der Waals surface area contributed by atoms with Crippen LogP contribution < -0.4 is 0 Å². The van der Waals surface area contributed by atoms with E-state index in [1.807, 2.05) is 30.3 Å². The number of hydrogen-bond acceptors (Lipinski definition) is 1. The lowest BCUT2D eigenvalue weighted by atomic mass is 10.1. The smallest absolute Gasteiger partial charge is 0.149 e. The number of hydrogen-bond donors (Lipinski definition) is 0. The standard InChI is InChI=1S/C10H8O/c1-2-9-10(11-9)8-6-4-3-5-7-8/h1,3-7,9-10H/t9?,10-/m1/s1. The highest BCUT2D eigenvalue weighted by Crippen LogP contribution is 2.37. The van der Waals surface area contributed by atoms with Gasteiger partial charge in [0.2, 0.25) is 0 Å². The maximum Gasteiger partial charge on any atom is 0.149 e. The monoisotopic (exact) mass is 144 g/mol. The Morgan fingerprint density at radius 1 is 1.27 bits per heavy atom. The minimum absolute atomic E-state index is 0.0115. The second-order valence-electron chi connectivity index (χ2n) is 2.55. The zero-order valence-electron chi connectivity index (χ0n) is 6.03. The van der Waals surface area contributed by atoms with Gasteiger partial charge in [0.15, 0.2) is 0 Å². The predicted molar refractivity (Wildman–Crippen MR) is 42.9 cm³/mol. The van der Waals surface area contributed by atoms with Gasteiger partial charge in [-0.15, -0.1) is 6.42 Å². The van der Waals surface area contributed by atoms with Crippen molar-refractivity contribution in [2.45, 2.75) is 12.2 Å². The molecule has 0 radical (unpaired) electrons. The maximum atomic E-state index is 5.22. The van der Waals surface area contributed by atoms with Crippen molar-refractivity contribution in [3.05, 3.63) is 35.9 Å². The highest BCUT2D eigenvalue weighted by Gasteiger charge is 2.38. The summed E-state index contributed by atoms with van der Waals surface area (Å²) in [6, 6.07) is 10.0. The molecule has 1 heterocycles. The highest BCUT2D eigenvalue weighted by atomic mass is 16.6. The molecule has 0 aliphatic carbocycles. The van der Waals surface area contributed by atoms with Crippen molar-refractivity contribution in [2.24, 2.45) is 0 Å². The van der Waals surface area contributed by atoms with E-state index in [4.69, 9.17) is 11.2 Å². The summed E-state index contributed by atoms with van der Waals surface area (Å²) in [5.74, 6) is 2.57. The van der Waals surface area contributed by atoms with E-state index in [-0.39, 0.29) is 12.2 Å². The van der Waals surface area contributed by atoms with Gasteiger partial charge in [-0.1, -0.05) is 36.3 Å². The molecule has 0 spiro atoms. The maximum absolute atomic E-state index is 5.22. The third-order valence-corrected chi connectivity index (χ3v) is 1.78. The predicted octanol–water partition coefficient (Wildman–Crippen LogP) is 1.76. The normalized spacial score (nSPS) is 27.5. The summed E-state index contributed by atoms with van der Waals surface area (Å²) in [6.07, 6.45) is 5.35. The molecule has 0 amide bonds. The molecule has 1 nitrogen and oxygen atoms in total. The molecule has 1 aromatic rings. The van der Waals surface area contributed by atoms with Crippen LogP contribution in [0.5, 0.6) is 0 Å². The molecule has 1 fully saturated rings. The van der Waals surface area contributed by atoms with Gasteiger partial charge in [0.25, 0.3) is 0 Å². The van der Waals surface area contributed by atoms with Crippen LogP contribution in [0.15, 0.2) is 30.3 Å². The van der Waals surface area contributed by atoms with Crippen LogP contribution in [0.4, 0.5) is 0 Å². The molecule has 1 unspecified atom stereocenters. The fourth-order valence-electron chi connectivity index (χ4n) is 1.14. The Hall–Kier alpha value is -1.26. The number of benzene rings is 1. The lowest BCUT2D eigenvalue weighted by Gasteiger charge is -1.90. The number of rotatable bonds is 1. The molecule has 0 saturated carbocycles. The Bertz CT molecular complexity index is 283. The van der Waals surface area contributed by atoms with E-state index in [2.05, 4.69) is 5.92 Å². The minimum Gasteiger partial charge on any atom is -0.351 e. The molecule has 1 aliphatic rings.